The molecule has 0 spiro atoms. The molecule has 4 aromatic carbocycles. The third-order valence-corrected chi connectivity index (χ3v) is 9.73. The van der Waals surface area contributed by atoms with Gasteiger partial charge in [-0.2, -0.15) is 0 Å². The zero-order valence-electron chi connectivity index (χ0n) is 30.4. The number of aromatic nitrogens is 2. The molecule has 10 heteroatoms. The van der Waals surface area contributed by atoms with Gasteiger partial charge in [0.05, 0.1) is 36.0 Å². The summed E-state index contributed by atoms with van der Waals surface area (Å²) in [5.74, 6) is -0.478. The maximum Gasteiger partial charge on any atom is 0.323 e. The lowest BCUT2D eigenvalue weighted by atomic mass is 9.97. The second kappa shape index (κ2) is 15.9. The summed E-state index contributed by atoms with van der Waals surface area (Å²) in [4.78, 5) is 37.2. The predicted molar refractivity (Wildman–Crippen MR) is 201 cm³/mol. The highest BCUT2D eigenvalue weighted by molar-refractivity contribution is 5.93. The van der Waals surface area contributed by atoms with Gasteiger partial charge >= 0.3 is 5.97 Å². The van der Waals surface area contributed by atoms with Crippen molar-refractivity contribution in [3.05, 3.63) is 131 Å². The molecule has 0 unspecified atom stereocenters. The van der Waals surface area contributed by atoms with Crippen molar-refractivity contribution in [3.63, 3.8) is 0 Å². The van der Waals surface area contributed by atoms with Gasteiger partial charge in [-0.1, -0.05) is 84.9 Å². The molecule has 10 nitrogen and oxygen atoms in total. The molecule has 2 aliphatic heterocycles. The second-order valence-corrected chi connectivity index (χ2v) is 14.7. The molecule has 0 saturated carbocycles. The van der Waals surface area contributed by atoms with E-state index in [1.807, 2.05) is 118 Å². The van der Waals surface area contributed by atoms with Crippen molar-refractivity contribution in [2.24, 2.45) is 0 Å². The highest BCUT2D eigenvalue weighted by Crippen LogP contribution is 2.39. The van der Waals surface area contributed by atoms with Gasteiger partial charge in [-0.15, -0.1) is 0 Å². The Balaban J connectivity index is 1.07. The molecule has 53 heavy (non-hydrogen) atoms. The Hall–Kier alpha value is -5.00. The summed E-state index contributed by atoms with van der Waals surface area (Å²) in [6.07, 6.45) is 2.73. The number of fused-ring (bicyclic) bond motifs is 1. The third-order valence-electron chi connectivity index (χ3n) is 9.73. The van der Waals surface area contributed by atoms with E-state index in [1.165, 1.54) is 6.20 Å². The van der Waals surface area contributed by atoms with Gasteiger partial charge in [0.25, 0.3) is 5.91 Å². The Morgan fingerprint density at radius 3 is 2.38 bits per heavy atom. The van der Waals surface area contributed by atoms with E-state index in [0.29, 0.717) is 25.0 Å². The smallest absolute Gasteiger partial charge is 0.323 e. The van der Waals surface area contributed by atoms with Crippen LogP contribution in [-0.2, 0) is 32.2 Å². The largest absolute Gasteiger partial charge is 0.459 e. The van der Waals surface area contributed by atoms with Gasteiger partial charge in [0.1, 0.15) is 17.3 Å². The molecule has 0 radical (unpaired) electrons. The van der Waals surface area contributed by atoms with Crippen molar-refractivity contribution in [3.8, 4) is 11.1 Å². The number of hydrogen-bond donors (Lipinski definition) is 2. The summed E-state index contributed by atoms with van der Waals surface area (Å²) >= 11 is 0. The molecule has 0 bridgehead atoms. The highest BCUT2D eigenvalue weighted by atomic mass is 16.7. The van der Waals surface area contributed by atoms with Crippen molar-refractivity contribution in [1.82, 2.24) is 20.2 Å². The Morgan fingerprint density at radius 1 is 0.906 bits per heavy atom. The molecule has 274 valence electrons. The van der Waals surface area contributed by atoms with E-state index in [-0.39, 0.29) is 42.4 Å². The topological polar surface area (TPSA) is 123 Å². The first-order valence-corrected chi connectivity index (χ1v) is 18.3. The number of nitrogens with zero attached hydrogens (tertiary/aromatic N) is 3. The highest BCUT2D eigenvalue weighted by Gasteiger charge is 2.39. The lowest BCUT2D eigenvalue weighted by Gasteiger charge is -2.38. The van der Waals surface area contributed by atoms with Crippen LogP contribution < -0.4 is 5.32 Å². The minimum absolute atomic E-state index is 0.0256. The van der Waals surface area contributed by atoms with Gasteiger partial charge in [0, 0.05) is 25.1 Å². The van der Waals surface area contributed by atoms with Gasteiger partial charge in [-0.3, -0.25) is 19.5 Å². The van der Waals surface area contributed by atoms with Gasteiger partial charge in [0.15, 0.2) is 6.29 Å². The minimum atomic E-state index is -0.634. The number of hydrogen-bond acceptors (Lipinski definition) is 9. The summed E-state index contributed by atoms with van der Waals surface area (Å²) < 4.78 is 19.0. The molecule has 2 N–H and O–H groups in total. The van der Waals surface area contributed by atoms with Crippen LogP contribution in [0.4, 0.5) is 0 Å². The van der Waals surface area contributed by atoms with E-state index in [2.05, 4.69) is 20.2 Å². The molecule has 7 rings (SSSR count). The lowest BCUT2D eigenvalue weighted by molar-refractivity contribution is -0.253. The predicted octanol–water partition coefficient (Wildman–Crippen LogP) is 7.07. The van der Waals surface area contributed by atoms with E-state index in [9.17, 15) is 14.7 Å². The van der Waals surface area contributed by atoms with E-state index >= 15 is 0 Å². The van der Waals surface area contributed by atoms with Gasteiger partial charge < -0.3 is 24.6 Å². The first kappa shape index (κ1) is 36.4. The number of carbonyl (C=O) groups excluding carboxylic acids is 2. The Bertz CT molecular complexity index is 2050. The molecule has 3 heterocycles. The van der Waals surface area contributed by atoms with Crippen LogP contribution in [0, 0.1) is 0 Å². The number of benzene rings is 4. The van der Waals surface area contributed by atoms with Crippen molar-refractivity contribution in [2.45, 2.75) is 83.3 Å². The van der Waals surface area contributed by atoms with Gasteiger partial charge in [0.2, 0.25) is 0 Å². The SMILES string of the molecule is CC(C)(C)OC(=O)[C@@H]1CCCN1C[C@H]1C[C@@H](c2ccc(CO)cc2)O[C@@H](c2ccc(-c3ccccc3CNC(=O)c3cnc4ccccc4n3)cc2)O1. The zero-order valence-corrected chi connectivity index (χ0v) is 30.4. The Morgan fingerprint density at radius 2 is 1.62 bits per heavy atom. The zero-order chi connectivity index (χ0) is 37.0. The molecular formula is C43H46N4O6. The van der Waals surface area contributed by atoms with E-state index < -0.39 is 11.9 Å². The number of rotatable bonds is 10. The fraction of sp³-hybridized carbons (Fsp3) is 0.349. The fourth-order valence-corrected chi connectivity index (χ4v) is 7.08. The lowest BCUT2D eigenvalue weighted by Crippen LogP contribution is -2.45. The minimum Gasteiger partial charge on any atom is -0.459 e. The number of aliphatic hydroxyl groups excluding tert-OH is 1. The maximum atomic E-state index is 13.1. The number of esters is 1. The maximum absolute atomic E-state index is 13.1. The summed E-state index contributed by atoms with van der Waals surface area (Å²) in [5, 5.41) is 12.6. The van der Waals surface area contributed by atoms with Crippen molar-refractivity contribution >= 4 is 22.9 Å². The van der Waals surface area contributed by atoms with Crippen LogP contribution in [-0.4, -0.2) is 62.7 Å². The molecule has 1 amide bonds. The van der Waals surface area contributed by atoms with E-state index in [1.54, 1.807) is 0 Å². The molecule has 2 aliphatic rings. The quantitative estimate of drug-likeness (QED) is 0.146. The van der Waals surface area contributed by atoms with Crippen LogP contribution >= 0.6 is 0 Å². The van der Waals surface area contributed by atoms with Crippen LogP contribution in [0.25, 0.3) is 22.2 Å². The number of ether oxygens (including phenoxy) is 3. The van der Waals surface area contributed by atoms with Crippen LogP contribution in [0.2, 0.25) is 0 Å². The first-order valence-electron chi connectivity index (χ1n) is 18.3. The first-order chi connectivity index (χ1) is 25.6. The van der Waals surface area contributed by atoms with Crippen molar-refractivity contribution in [1.29, 1.82) is 0 Å². The standard InChI is InChI=1S/C43H46N4O6/c1-43(2,3)53-41(50)38-13-8-22-47(38)26-33-23-39(30-16-14-28(27-48)15-17-30)52-42(51-33)31-20-18-29(19-21-31)34-10-5-4-9-32(34)24-45-40(49)37-25-44-35-11-6-7-12-36(35)46-37/h4-7,9-12,14-21,25,33,38-39,42,48H,8,13,22-24,26-27H2,1-3H3,(H,45,49)/t33-,38+,39+,42+/m1/s1. The summed E-state index contributed by atoms with van der Waals surface area (Å²) in [6, 6.07) is 31.1. The Kier molecular flexibility index (Phi) is 10.9. The van der Waals surface area contributed by atoms with Crippen LogP contribution in [0.5, 0.6) is 0 Å². The van der Waals surface area contributed by atoms with E-state index in [4.69, 9.17) is 14.2 Å². The molecule has 2 saturated heterocycles. The third kappa shape index (κ3) is 8.80. The van der Waals surface area contributed by atoms with Crippen LogP contribution in [0.3, 0.4) is 0 Å². The van der Waals surface area contributed by atoms with Crippen LogP contribution in [0.1, 0.15) is 85.2 Å². The number of carbonyl (C=O) groups is 2. The van der Waals surface area contributed by atoms with E-state index in [0.717, 1.165) is 58.3 Å². The molecular weight excluding hydrogens is 668 g/mol. The van der Waals surface area contributed by atoms with Gasteiger partial charge in [-0.05, 0) is 80.1 Å². The van der Waals surface area contributed by atoms with Crippen LogP contribution in [0.15, 0.2) is 103 Å². The summed E-state index contributed by atoms with van der Waals surface area (Å²) in [6.45, 7) is 7.36. The molecule has 2 fully saturated rings. The Labute approximate surface area is 310 Å². The summed E-state index contributed by atoms with van der Waals surface area (Å²) in [5.41, 5.74) is 6.80. The monoisotopic (exact) mass is 714 g/mol. The van der Waals surface area contributed by atoms with Crippen molar-refractivity contribution in [2.75, 3.05) is 13.1 Å². The normalized spacial score (nSPS) is 20.7. The summed E-state index contributed by atoms with van der Waals surface area (Å²) in [7, 11) is 0. The number of nitrogens with one attached hydrogen (secondary N) is 1. The second-order valence-electron chi connectivity index (χ2n) is 14.7. The molecule has 4 atom stereocenters. The van der Waals surface area contributed by atoms with Gasteiger partial charge in [-0.25, -0.2) is 4.98 Å². The average molecular weight is 715 g/mol. The number of para-hydroxylation sites is 2. The van der Waals surface area contributed by atoms with Crippen molar-refractivity contribution < 1.29 is 28.9 Å². The average Bonchev–Trinajstić information content (AvgIpc) is 3.64. The molecule has 1 aromatic heterocycles. The molecule has 0 aliphatic carbocycles. The number of aliphatic hydroxyl groups is 1. The number of amides is 1. The number of likely N-dealkylation sites (tertiary alicyclic amines) is 1. The fourth-order valence-electron chi connectivity index (χ4n) is 7.08. The molecule has 5 aromatic rings.